The van der Waals surface area contributed by atoms with Crippen molar-refractivity contribution >= 4 is 0 Å². The predicted octanol–water partition coefficient (Wildman–Crippen LogP) is 4.18. The molecule has 8 heteroatoms. The summed E-state index contributed by atoms with van der Waals surface area (Å²) < 4.78 is 2.02. The number of hydrogen-bond donors (Lipinski definition) is 2. The molecule has 3 N–H and O–H groups in total. The first-order valence-corrected chi connectivity index (χ1v) is 11.2. The van der Waals surface area contributed by atoms with Gasteiger partial charge in [0.2, 0.25) is 5.82 Å². The van der Waals surface area contributed by atoms with E-state index in [1.165, 1.54) is 12.0 Å². The number of nitrogens with two attached hydrogens (primary N) is 1. The van der Waals surface area contributed by atoms with Crippen molar-refractivity contribution < 1.29 is 0 Å². The van der Waals surface area contributed by atoms with Crippen molar-refractivity contribution in [3.05, 3.63) is 66.2 Å². The monoisotopic (exact) mass is 430 g/mol. The second kappa shape index (κ2) is 10.3. The Balaban J connectivity index is 1.54. The van der Waals surface area contributed by atoms with Gasteiger partial charge in [-0.3, -0.25) is 0 Å². The van der Waals surface area contributed by atoms with Gasteiger partial charge in [-0.15, -0.1) is 10.2 Å². The smallest absolute Gasteiger partial charge is 0.205 e. The zero-order valence-electron chi connectivity index (χ0n) is 18.6. The lowest BCUT2D eigenvalue weighted by Crippen LogP contribution is -2.21. The van der Waals surface area contributed by atoms with Gasteiger partial charge in [0.05, 0.1) is 6.54 Å². The lowest BCUT2D eigenvalue weighted by molar-refractivity contribution is 0.459. The number of benzene rings is 2. The summed E-state index contributed by atoms with van der Waals surface area (Å²) in [5, 5.41) is 19.0. The molecular formula is C24H30N8. The molecule has 4 aromatic rings. The number of nitrogens with zero attached hydrogens (tertiary/aromatic N) is 6. The van der Waals surface area contributed by atoms with Crippen LogP contribution in [0, 0.1) is 0 Å². The molecular weight excluding hydrogens is 400 g/mol. The molecule has 2 atom stereocenters. The number of hydrogen-bond acceptors (Lipinski definition) is 6. The summed E-state index contributed by atoms with van der Waals surface area (Å²) in [6.07, 6.45) is 5.99. The first-order valence-electron chi connectivity index (χ1n) is 11.2. The zero-order valence-corrected chi connectivity index (χ0v) is 18.6. The molecule has 0 aliphatic heterocycles. The van der Waals surface area contributed by atoms with E-state index in [-0.39, 0.29) is 6.04 Å². The molecule has 2 heterocycles. The first-order chi connectivity index (χ1) is 15.7. The van der Waals surface area contributed by atoms with E-state index in [0.29, 0.717) is 18.3 Å². The van der Waals surface area contributed by atoms with Gasteiger partial charge in [0.25, 0.3) is 0 Å². The van der Waals surface area contributed by atoms with Gasteiger partial charge < -0.3 is 5.73 Å². The van der Waals surface area contributed by atoms with Crippen LogP contribution in [-0.4, -0.2) is 41.4 Å². The molecule has 2 aromatic heterocycles. The van der Waals surface area contributed by atoms with E-state index in [0.717, 1.165) is 41.8 Å². The second-order valence-electron chi connectivity index (χ2n) is 8.31. The van der Waals surface area contributed by atoms with Crippen molar-refractivity contribution in [3.8, 4) is 22.5 Å². The van der Waals surface area contributed by atoms with Crippen molar-refractivity contribution in [2.75, 3.05) is 0 Å². The lowest BCUT2D eigenvalue weighted by atomic mass is 9.94. The summed E-state index contributed by atoms with van der Waals surface area (Å²) in [5.41, 5.74) is 10.4. The largest absolute Gasteiger partial charge is 0.328 e. The van der Waals surface area contributed by atoms with Crippen molar-refractivity contribution in [2.24, 2.45) is 5.73 Å². The number of H-pyrrole nitrogens is 1. The lowest BCUT2D eigenvalue weighted by Gasteiger charge is -2.19. The van der Waals surface area contributed by atoms with Crippen LogP contribution in [0.5, 0.6) is 0 Å². The third-order valence-electron chi connectivity index (χ3n) is 5.68. The highest BCUT2D eigenvalue weighted by atomic mass is 15.5. The summed E-state index contributed by atoms with van der Waals surface area (Å²) in [6.45, 7) is 4.96. The first kappa shape index (κ1) is 21.8. The normalized spacial score (nSPS) is 13.2. The maximum atomic E-state index is 6.12. The Hall–Kier alpha value is -3.39. The zero-order chi connectivity index (χ0) is 22.3. The van der Waals surface area contributed by atoms with Gasteiger partial charge in [-0.05, 0) is 41.7 Å². The molecule has 0 saturated carbocycles. The molecule has 0 bridgehead atoms. The average Bonchev–Trinajstić information content (AvgIpc) is 3.49. The van der Waals surface area contributed by atoms with Crippen LogP contribution in [0.25, 0.3) is 22.5 Å². The minimum absolute atomic E-state index is 0.139. The summed E-state index contributed by atoms with van der Waals surface area (Å²) in [5.74, 6) is 1.95. The van der Waals surface area contributed by atoms with Crippen molar-refractivity contribution in [3.63, 3.8) is 0 Å². The van der Waals surface area contributed by atoms with Crippen molar-refractivity contribution in [1.29, 1.82) is 0 Å². The number of aromatic amines is 1. The summed E-state index contributed by atoms with van der Waals surface area (Å²) in [4.78, 5) is 4.60. The van der Waals surface area contributed by atoms with E-state index in [2.05, 4.69) is 74.9 Å². The molecule has 0 amide bonds. The Morgan fingerprint density at radius 2 is 1.84 bits per heavy atom. The van der Waals surface area contributed by atoms with E-state index in [1.807, 2.05) is 22.9 Å². The molecule has 0 aliphatic rings. The minimum atomic E-state index is 0.139. The average molecular weight is 431 g/mol. The van der Waals surface area contributed by atoms with Crippen LogP contribution >= 0.6 is 0 Å². The van der Waals surface area contributed by atoms with E-state index >= 15 is 0 Å². The number of aromatic nitrogens is 7. The Labute approximate surface area is 188 Å². The van der Waals surface area contributed by atoms with Crippen LogP contribution in [0.15, 0.2) is 54.9 Å². The highest BCUT2D eigenvalue weighted by Gasteiger charge is 2.19. The summed E-state index contributed by atoms with van der Waals surface area (Å²) in [7, 11) is 0. The predicted molar refractivity (Wildman–Crippen MR) is 125 cm³/mol. The molecule has 4 rings (SSSR count). The quantitative estimate of drug-likeness (QED) is 0.390. The van der Waals surface area contributed by atoms with Crippen LogP contribution in [-0.2, 0) is 6.54 Å². The van der Waals surface area contributed by atoms with Crippen LogP contribution in [0.2, 0.25) is 0 Å². The van der Waals surface area contributed by atoms with Gasteiger partial charge in [-0.25, -0.2) is 9.67 Å². The Morgan fingerprint density at radius 1 is 1.06 bits per heavy atom. The van der Waals surface area contributed by atoms with Gasteiger partial charge in [-0.2, -0.15) is 10.3 Å². The summed E-state index contributed by atoms with van der Waals surface area (Å²) >= 11 is 0. The van der Waals surface area contributed by atoms with Crippen molar-refractivity contribution in [1.82, 2.24) is 35.4 Å². The molecule has 2 unspecified atom stereocenters. The van der Waals surface area contributed by atoms with Gasteiger partial charge >= 0.3 is 0 Å². The van der Waals surface area contributed by atoms with E-state index in [9.17, 15) is 0 Å². The number of rotatable bonds is 10. The maximum Gasteiger partial charge on any atom is 0.205 e. The molecule has 166 valence electrons. The third-order valence-corrected chi connectivity index (χ3v) is 5.68. The van der Waals surface area contributed by atoms with E-state index in [1.54, 1.807) is 6.33 Å². The van der Waals surface area contributed by atoms with Gasteiger partial charge in [0.15, 0.2) is 0 Å². The fourth-order valence-electron chi connectivity index (χ4n) is 4.13. The molecule has 8 nitrogen and oxygen atoms in total. The SMILES string of the molecule is CCCCC(CC(C)N)c1ncnn1Cc1ccc(-c2ccccc2-c2nn[nH]n2)cc1. The molecule has 0 aliphatic carbocycles. The molecule has 0 radical (unpaired) electrons. The van der Waals surface area contributed by atoms with E-state index < -0.39 is 0 Å². The Kier molecular flexibility index (Phi) is 7.01. The van der Waals surface area contributed by atoms with Gasteiger partial charge in [0, 0.05) is 17.5 Å². The standard InChI is InChI=1S/C24H30N8/c1-3-4-7-20(14-17(2)25)24-26-16-27-32(24)15-18-10-12-19(13-11-18)21-8-5-6-9-22(21)23-28-30-31-29-23/h5-6,8-13,16-17,20H,3-4,7,14-15,25H2,1-2H3,(H,28,29,30,31). The number of tetrazole rings is 1. The van der Waals surface area contributed by atoms with Crippen LogP contribution in [0.3, 0.4) is 0 Å². The van der Waals surface area contributed by atoms with Gasteiger partial charge in [-0.1, -0.05) is 68.3 Å². The molecule has 0 saturated heterocycles. The molecule has 32 heavy (non-hydrogen) atoms. The van der Waals surface area contributed by atoms with Gasteiger partial charge in [0.1, 0.15) is 12.2 Å². The second-order valence-corrected chi connectivity index (χ2v) is 8.31. The van der Waals surface area contributed by atoms with Crippen molar-refractivity contribution in [2.45, 2.75) is 58.0 Å². The highest BCUT2D eigenvalue weighted by molar-refractivity contribution is 5.80. The van der Waals surface area contributed by atoms with Crippen LogP contribution in [0.1, 0.15) is 56.8 Å². The maximum absolute atomic E-state index is 6.12. The fourth-order valence-corrected chi connectivity index (χ4v) is 4.13. The molecule has 0 fully saturated rings. The fraction of sp³-hybridized carbons (Fsp3) is 0.375. The topological polar surface area (TPSA) is 111 Å². The third kappa shape index (κ3) is 5.08. The van der Waals surface area contributed by atoms with Crippen LogP contribution < -0.4 is 5.73 Å². The van der Waals surface area contributed by atoms with E-state index in [4.69, 9.17) is 5.73 Å². The minimum Gasteiger partial charge on any atom is -0.328 e. The molecule has 2 aromatic carbocycles. The number of unbranched alkanes of at least 4 members (excludes halogenated alkanes) is 1. The van der Waals surface area contributed by atoms with Crippen LogP contribution in [0.4, 0.5) is 0 Å². The highest BCUT2D eigenvalue weighted by Crippen LogP contribution is 2.30. The Morgan fingerprint density at radius 3 is 2.53 bits per heavy atom. The number of nitrogens with one attached hydrogen (secondary N) is 1. The Bertz CT molecular complexity index is 1100. The molecule has 0 spiro atoms. The summed E-state index contributed by atoms with van der Waals surface area (Å²) in [6, 6.07) is 16.7.